The predicted molar refractivity (Wildman–Crippen MR) is 120 cm³/mol. The molecule has 28 heavy (non-hydrogen) atoms. The molecule has 2 unspecified atom stereocenters. The minimum absolute atomic E-state index is 0.155. The Balaban J connectivity index is 3.51. The van der Waals surface area contributed by atoms with E-state index in [0.29, 0.717) is 12.8 Å². The van der Waals surface area contributed by atoms with E-state index in [0.717, 1.165) is 64.2 Å². The quantitative estimate of drug-likeness (QED) is 0.154. The van der Waals surface area contributed by atoms with Crippen molar-refractivity contribution in [1.29, 1.82) is 0 Å². The van der Waals surface area contributed by atoms with E-state index >= 15 is 0 Å². The maximum atomic E-state index is 11.4. The van der Waals surface area contributed by atoms with E-state index in [2.05, 4.69) is 6.92 Å². The van der Waals surface area contributed by atoms with Crippen LogP contribution >= 0.6 is 0 Å². The van der Waals surface area contributed by atoms with Crippen LogP contribution in [0.4, 0.5) is 0 Å². The summed E-state index contributed by atoms with van der Waals surface area (Å²) in [6, 6.07) is 0. The molecule has 2 N–H and O–H groups in total. The van der Waals surface area contributed by atoms with Crippen LogP contribution in [0.25, 0.3) is 0 Å². The molecule has 0 aromatic carbocycles. The normalized spacial score (nSPS) is 14.3. The van der Waals surface area contributed by atoms with Crippen LogP contribution in [-0.4, -0.2) is 29.4 Å². The molecule has 170 valence electrons. The predicted octanol–water partition coefficient (Wildman–Crippen LogP) is 7.06. The SMILES string of the molecule is CCCCCCCCCCC(O)CCCCCCCC(CCCC)S(=O)(=O)O. The van der Waals surface area contributed by atoms with Gasteiger partial charge in [-0.2, -0.15) is 8.42 Å². The molecule has 0 bridgehead atoms. The second kappa shape index (κ2) is 18.9. The van der Waals surface area contributed by atoms with Gasteiger partial charge in [0.05, 0.1) is 11.4 Å². The van der Waals surface area contributed by atoms with Gasteiger partial charge in [0.2, 0.25) is 0 Å². The molecular weight excluding hydrogens is 372 g/mol. The molecule has 4 nitrogen and oxygen atoms in total. The molecule has 0 fully saturated rings. The highest BCUT2D eigenvalue weighted by Gasteiger charge is 2.21. The van der Waals surface area contributed by atoms with Gasteiger partial charge in [-0.25, -0.2) is 0 Å². The summed E-state index contributed by atoms with van der Waals surface area (Å²) in [7, 11) is -3.90. The standard InChI is InChI=1S/C23H48O4S/c1-3-5-7-8-9-10-12-15-18-22(24)19-16-13-11-14-17-21-23(20-6-4-2)28(25,26)27/h22-24H,3-21H2,1-2H3,(H,25,26,27). The van der Waals surface area contributed by atoms with E-state index in [-0.39, 0.29) is 6.10 Å². The first-order valence-electron chi connectivity index (χ1n) is 12.1. The Morgan fingerprint density at radius 2 is 0.929 bits per heavy atom. The minimum atomic E-state index is -3.90. The lowest BCUT2D eigenvalue weighted by molar-refractivity contribution is 0.147. The fourth-order valence-electron chi connectivity index (χ4n) is 3.81. The molecule has 0 aromatic heterocycles. The largest absolute Gasteiger partial charge is 0.393 e. The average molecular weight is 421 g/mol. The van der Waals surface area contributed by atoms with Crippen molar-refractivity contribution in [3.63, 3.8) is 0 Å². The summed E-state index contributed by atoms with van der Waals surface area (Å²) in [6.45, 7) is 4.28. The van der Waals surface area contributed by atoms with E-state index in [1.807, 2.05) is 6.92 Å². The topological polar surface area (TPSA) is 74.6 Å². The van der Waals surface area contributed by atoms with Gasteiger partial charge in [0.1, 0.15) is 0 Å². The van der Waals surface area contributed by atoms with Gasteiger partial charge in [0.25, 0.3) is 10.1 Å². The maximum Gasteiger partial charge on any atom is 0.267 e. The molecule has 0 heterocycles. The third kappa shape index (κ3) is 17.9. The Morgan fingerprint density at radius 1 is 0.571 bits per heavy atom. The molecule has 0 aliphatic heterocycles. The van der Waals surface area contributed by atoms with Gasteiger partial charge >= 0.3 is 0 Å². The molecular formula is C23H48O4S. The van der Waals surface area contributed by atoms with E-state index in [1.165, 1.54) is 44.9 Å². The summed E-state index contributed by atoms with van der Waals surface area (Å²) >= 11 is 0. The highest BCUT2D eigenvalue weighted by molar-refractivity contribution is 7.86. The highest BCUT2D eigenvalue weighted by atomic mass is 32.2. The van der Waals surface area contributed by atoms with Crippen LogP contribution in [0.2, 0.25) is 0 Å². The monoisotopic (exact) mass is 420 g/mol. The Morgan fingerprint density at radius 3 is 1.36 bits per heavy atom. The first-order valence-corrected chi connectivity index (χ1v) is 13.6. The van der Waals surface area contributed by atoms with Crippen molar-refractivity contribution in [3.8, 4) is 0 Å². The zero-order valence-corrected chi connectivity index (χ0v) is 19.5. The van der Waals surface area contributed by atoms with E-state index in [4.69, 9.17) is 0 Å². The van der Waals surface area contributed by atoms with E-state index in [9.17, 15) is 18.1 Å². The van der Waals surface area contributed by atoms with E-state index in [1.54, 1.807) is 0 Å². The van der Waals surface area contributed by atoms with Crippen LogP contribution in [0, 0.1) is 0 Å². The molecule has 0 saturated heterocycles. The lowest BCUT2D eigenvalue weighted by Crippen LogP contribution is -2.20. The molecule has 0 rings (SSSR count). The van der Waals surface area contributed by atoms with Crippen LogP contribution in [0.1, 0.15) is 136 Å². The number of unbranched alkanes of at least 4 members (excludes halogenated alkanes) is 12. The average Bonchev–Trinajstić information content (AvgIpc) is 2.64. The van der Waals surface area contributed by atoms with Crippen molar-refractivity contribution < 1.29 is 18.1 Å². The van der Waals surface area contributed by atoms with Crippen molar-refractivity contribution in [2.75, 3.05) is 0 Å². The van der Waals surface area contributed by atoms with Crippen LogP contribution in [0.3, 0.4) is 0 Å². The zero-order chi connectivity index (χ0) is 21.1. The lowest BCUT2D eigenvalue weighted by Gasteiger charge is -2.13. The second-order valence-corrected chi connectivity index (χ2v) is 10.2. The second-order valence-electron chi connectivity index (χ2n) is 8.54. The molecule has 0 radical (unpaired) electrons. The van der Waals surface area contributed by atoms with Crippen molar-refractivity contribution in [2.24, 2.45) is 0 Å². The lowest BCUT2D eigenvalue weighted by atomic mass is 10.0. The summed E-state index contributed by atoms with van der Waals surface area (Å²) in [5.74, 6) is 0. The fraction of sp³-hybridized carbons (Fsp3) is 1.00. The Hall–Kier alpha value is -0.130. The molecule has 5 heteroatoms. The Labute approximate surface area is 175 Å². The van der Waals surface area contributed by atoms with E-state index < -0.39 is 15.4 Å². The van der Waals surface area contributed by atoms with Gasteiger partial charge in [-0.05, 0) is 25.7 Å². The van der Waals surface area contributed by atoms with Crippen molar-refractivity contribution in [1.82, 2.24) is 0 Å². The Bertz CT molecular complexity index is 422. The van der Waals surface area contributed by atoms with Crippen molar-refractivity contribution in [3.05, 3.63) is 0 Å². The van der Waals surface area contributed by atoms with Gasteiger partial charge in [-0.1, -0.05) is 110 Å². The van der Waals surface area contributed by atoms with Gasteiger partial charge in [-0.3, -0.25) is 4.55 Å². The zero-order valence-electron chi connectivity index (χ0n) is 18.7. The van der Waals surface area contributed by atoms with Crippen molar-refractivity contribution in [2.45, 2.75) is 147 Å². The molecule has 0 aliphatic carbocycles. The fourth-order valence-corrected chi connectivity index (χ4v) is 4.74. The number of aliphatic hydroxyl groups is 1. The Kier molecular flexibility index (Phi) is 18.8. The summed E-state index contributed by atoms with van der Waals surface area (Å²) in [6.07, 6.45) is 20.1. The highest BCUT2D eigenvalue weighted by Crippen LogP contribution is 2.18. The summed E-state index contributed by atoms with van der Waals surface area (Å²) in [5.41, 5.74) is 0. The van der Waals surface area contributed by atoms with Crippen LogP contribution < -0.4 is 0 Å². The van der Waals surface area contributed by atoms with Crippen LogP contribution in [-0.2, 0) is 10.1 Å². The van der Waals surface area contributed by atoms with Crippen molar-refractivity contribution >= 4 is 10.1 Å². The molecule has 0 aliphatic rings. The minimum Gasteiger partial charge on any atom is -0.393 e. The van der Waals surface area contributed by atoms with Gasteiger partial charge in [0.15, 0.2) is 0 Å². The third-order valence-corrected chi connectivity index (χ3v) is 7.07. The number of aliphatic hydroxyl groups excluding tert-OH is 1. The van der Waals surface area contributed by atoms with Gasteiger partial charge < -0.3 is 5.11 Å². The van der Waals surface area contributed by atoms with Gasteiger partial charge in [-0.15, -0.1) is 0 Å². The van der Waals surface area contributed by atoms with Crippen LogP contribution in [0.5, 0.6) is 0 Å². The summed E-state index contributed by atoms with van der Waals surface area (Å²) in [4.78, 5) is 0. The number of hydrogen-bond donors (Lipinski definition) is 2. The van der Waals surface area contributed by atoms with Gasteiger partial charge in [0, 0.05) is 0 Å². The summed E-state index contributed by atoms with van der Waals surface area (Å²) < 4.78 is 32.1. The molecule has 2 atom stereocenters. The maximum absolute atomic E-state index is 11.4. The molecule has 0 aromatic rings. The summed E-state index contributed by atoms with van der Waals surface area (Å²) in [5, 5.41) is 9.49. The number of rotatable bonds is 21. The number of hydrogen-bond acceptors (Lipinski definition) is 3. The molecule has 0 saturated carbocycles. The first kappa shape index (κ1) is 27.9. The molecule has 0 spiro atoms. The third-order valence-electron chi connectivity index (χ3n) is 5.76. The smallest absolute Gasteiger partial charge is 0.267 e. The molecule has 0 amide bonds. The first-order chi connectivity index (χ1) is 13.4. The van der Waals surface area contributed by atoms with Crippen LogP contribution in [0.15, 0.2) is 0 Å².